The fourth-order valence-corrected chi connectivity index (χ4v) is 1.60. The van der Waals surface area contributed by atoms with Gasteiger partial charge in [-0.2, -0.15) is 0 Å². The lowest BCUT2D eigenvalue weighted by Crippen LogP contribution is -2.21. The second-order valence-corrected chi connectivity index (χ2v) is 3.86. The van der Waals surface area contributed by atoms with Gasteiger partial charge in [-0.1, -0.05) is 13.0 Å². The largest absolute Gasteiger partial charge is 0.393 e. The first-order chi connectivity index (χ1) is 7.15. The molecule has 0 aliphatic carbocycles. The van der Waals surface area contributed by atoms with Gasteiger partial charge in [0.1, 0.15) is 0 Å². The monoisotopic (exact) mass is 209 g/mol. The average Bonchev–Trinajstić information content (AvgIpc) is 2.22. The van der Waals surface area contributed by atoms with Gasteiger partial charge in [-0.3, -0.25) is 4.79 Å². The number of rotatable bonds is 5. The van der Waals surface area contributed by atoms with E-state index in [4.69, 9.17) is 0 Å². The first-order valence-corrected chi connectivity index (χ1v) is 5.49. The van der Waals surface area contributed by atoms with Crippen molar-refractivity contribution in [2.45, 2.75) is 45.8 Å². The molecular weight excluding hydrogens is 190 g/mol. The molecule has 0 bridgehead atoms. The van der Waals surface area contributed by atoms with Crippen molar-refractivity contribution in [1.29, 1.82) is 0 Å². The van der Waals surface area contributed by atoms with Gasteiger partial charge in [-0.05, 0) is 32.3 Å². The number of pyridine rings is 1. The third-order valence-corrected chi connectivity index (χ3v) is 2.66. The summed E-state index contributed by atoms with van der Waals surface area (Å²) < 4.78 is 1.75. The molecule has 0 saturated carbocycles. The predicted octanol–water partition coefficient (Wildman–Crippen LogP) is 1.71. The summed E-state index contributed by atoms with van der Waals surface area (Å²) in [5, 5.41) is 9.39. The molecule has 0 fully saturated rings. The maximum absolute atomic E-state index is 11.5. The van der Waals surface area contributed by atoms with Crippen molar-refractivity contribution in [2.24, 2.45) is 0 Å². The van der Waals surface area contributed by atoms with Gasteiger partial charge < -0.3 is 9.67 Å². The van der Waals surface area contributed by atoms with Crippen LogP contribution in [-0.2, 0) is 6.54 Å². The zero-order chi connectivity index (χ0) is 11.3. The van der Waals surface area contributed by atoms with Crippen LogP contribution in [0.15, 0.2) is 23.0 Å². The number of aliphatic hydroxyl groups is 1. The number of nitrogens with zero attached hydrogens (tertiary/aromatic N) is 1. The van der Waals surface area contributed by atoms with Crippen LogP contribution < -0.4 is 5.56 Å². The summed E-state index contributed by atoms with van der Waals surface area (Å²) in [7, 11) is 0. The molecule has 1 aromatic heterocycles. The van der Waals surface area contributed by atoms with Gasteiger partial charge in [-0.25, -0.2) is 0 Å². The Kier molecular flexibility index (Phi) is 4.56. The van der Waals surface area contributed by atoms with Crippen LogP contribution in [0.25, 0.3) is 0 Å². The van der Waals surface area contributed by atoms with Crippen molar-refractivity contribution in [1.82, 2.24) is 4.57 Å². The predicted molar refractivity (Wildman–Crippen MR) is 61.0 cm³/mol. The molecule has 1 heterocycles. The number of aryl methyl sites for hydroxylation is 1. The Morgan fingerprint density at radius 2 is 2.20 bits per heavy atom. The third kappa shape index (κ3) is 3.51. The molecule has 15 heavy (non-hydrogen) atoms. The first kappa shape index (κ1) is 12.0. The zero-order valence-corrected chi connectivity index (χ0v) is 9.44. The Labute approximate surface area is 90.4 Å². The molecule has 1 N–H and O–H groups in total. The van der Waals surface area contributed by atoms with E-state index in [-0.39, 0.29) is 11.7 Å². The standard InChI is InChI=1S/C12H19NO2/c1-3-11(14)7-5-9-13-10(2)6-4-8-12(13)15/h4,6,8,11,14H,3,5,7,9H2,1-2H3. The smallest absolute Gasteiger partial charge is 0.250 e. The molecule has 84 valence electrons. The number of aliphatic hydroxyl groups excluding tert-OH is 1. The average molecular weight is 209 g/mol. The third-order valence-electron chi connectivity index (χ3n) is 2.66. The van der Waals surface area contributed by atoms with Crippen LogP contribution in [0.2, 0.25) is 0 Å². The summed E-state index contributed by atoms with van der Waals surface area (Å²) in [5.74, 6) is 0. The summed E-state index contributed by atoms with van der Waals surface area (Å²) in [4.78, 5) is 11.5. The van der Waals surface area contributed by atoms with Gasteiger partial charge in [0, 0.05) is 18.3 Å². The molecule has 0 amide bonds. The van der Waals surface area contributed by atoms with Crippen LogP contribution in [0, 0.1) is 6.92 Å². The minimum atomic E-state index is -0.232. The minimum Gasteiger partial charge on any atom is -0.393 e. The van der Waals surface area contributed by atoms with E-state index in [0.717, 1.165) is 25.0 Å². The van der Waals surface area contributed by atoms with E-state index in [1.54, 1.807) is 16.7 Å². The van der Waals surface area contributed by atoms with Crippen LogP contribution in [-0.4, -0.2) is 15.8 Å². The fourth-order valence-electron chi connectivity index (χ4n) is 1.60. The van der Waals surface area contributed by atoms with Gasteiger partial charge >= 0.3 is 0 Å². The van der Waals surface area contributed by atoms with E-state index in [1.165, 1.54) is 0 Å². The summed E-state index contributed by atoms with van der Waals surface area (Å²) in [6.07, 6.45) is 2.16. The molecule has 0 saturated heterocycles. The van der Waals surface area contributed by atoms with Gasteiger partial charge in [0.2, 0.25) is 0 Å². The Bertz CT molecular complexity index is 357. The molecular formula is C12H19NO2. The van der Waals surface area contributed by atoms with Crippen LogP contribution in [0.5, 0.6) is 0 Å². The lowest BCUT2D eigenvalue weighted by Gasteiger charge is -2.11. The van der Waals surface area contributed by atoms with Crippen molar-refractivity contribution in [3.8, 4) is 0 Å². The molecule has 1 atom stereocenters. The maximum atomic E-state index is 11.5. The SMILES string of the molecule is CCC(O)CCCn1c(C)cccc1=O. The highest BCUT2D eigenvalue weighted by molar-refractivity contribution is 5.04. The normalized spacial score (nSPS) is 12.7. The Morgan fingerprint density at radius 3 is 2.80 bits per heavy atom. The van der Waals surface area contributed by atoms with Gasteiger partial charge in [0.25, 0.3) is 5.56 Å². The fraction of sp³-hybridized carbons (Fsp3) is 0.583. The molecule has 1 rings (SSSR count). The first-order valence-electron chi connectivity index (χ1n) is 5.49. The van der Waals surface area contributed by atoms with Crippen LogP contribution in [0.1, 0.15) is 31.9 Å². The van der Waals surface area contributed by atoms with Gasteiger partial charge in [-0.15, -0.1) is 0 Å². The number of aromatic nitrogens is 1. The molecule has 0 aliphatic heterocycles. The zero-order valence-electron chi connectivity index (χ0n) is 9.44. The Hall–Kier alpha value is -1.09. The lowest BCUT2D eigenvalue weighted by molar-refractivity contribution is 0.155. The maximum Gasteiger partial charge on any atom is 0.250 e. The van der Waals surface area contributed by atoms with Crippen LogP contribution >= 0.6 is 0 Å². The molecule has 1 unspecified atom stereocenters. The quantitative estimate of drug-likeness (QED) is 0.802. The van der Waals surface area contributed by atoms with Crippen LogP contribution in [0.4, 0.5) is 0 Å². The molecule has 0 radical (unpaired) electrons. The van der Waals surface area contributed by atoms with Gasteiger partial charge in [0.15, 0.2) is 0 Å². The van der Waals surface area contributed by atoms with Crippen molar-refractivity contribution in [2.75, 3.05) is 0 Å². The highest BCUT2D eigenvalue weighted by Gasteiger charge is 2.02. The molecule has 3 nitrogen and oxygen atoms in total. The second-order valence-electron chi connectivity index (χ2n) is 3.86. The molecule has 0 spiro atoms. The summed E-state index contributed by atoms with van der Waals surface area (Å²) in [5.41, 5.74) is 1.02. The summed E-state index contributed by atoms with van der Waals surface area (Å²) >= 11 is 0. The van der Waals surface area contributed by atoms with Crippen molar-refractivity contribution < 1.29 is 5.11 Å². The van der Waals surface area contributed by atoms with Crippen molar-refractivity contribution >= 4 is 0 Å². The van der Waals surface area contributed by atoms with Gasteiger partial charge in [0.05, 0.1) is 6.10 Å². The molecule has 3 heteroatoms. The van der Waals surface area contributed by atoms with Crippen molar-refractivity contribution in [3.63, 3.8) is 0 Å². The number of hydrogen-bond donors (Lipinski definition) is 1. The molecule has 1 aromatic rings. The highest BCUT2D eigenvalue weighted by atomic mass is 16.3. The highest BCUT2D eigenvalue weighted by Crippen LogP contribution is 2.03. The second kappa shape index (κ2) is 5.71. The molecule has 0 aromatic carbocycles. The van der Waals surface area contributed by atoms with E-state index in [0.29, 0.717) is 6.54 Å². The summed E-state index contributed by atoms with van der Waals surface area (Å²) in [6.45, 7) is 4.59. The number of hydrogen-bond acceptors (Lipinski definition) is 2. The topological polar surface area (TPSA) is 42.2 Å². The van der Waals surface area contributed by atoms with E-state index in [1.807, 2.05) is 19.9 Å². The van der Waals surface area contributed by atoms with Crippen molar-refractivity contribution in [3.05, 3.63) is 34.2 Å². The Morgan fingerprint density at radius 1 is 1.47 bits per heavy atom. The van der Waals surface area contributed by atoms with Crippen LogP contribution in [0.3, 0.4) is 0 Å². The van der Waals surface area contributed by atoms with E-state index in [2.05, 4.69) is 0 Å². The summed E-state index contributed by atoms with van der Waals surface area (Å²) in [6, 6.07) is 5.27. The van der Waals surface area contributed by atoms with E-state index >= 15 is 0 Å². The minimum absolute atomic E-state index is 0.0426. The lowest BCUT2D eigenvalue weighted by atomic mass is 10.1. The van der Waals surface area contributed by atoms with E-state index in [9.17, 15) is 9.90 Å². The Balaban J connectivity index is 2.54. The molecule has 0 aliphatic rings. The van der Waals surface area contributed by atoms with E-state index < -0.39 is 0 Å².